The number of aliphatic hydroxyl groups is 1. The van der Waals surface area contributed by atoms with E-state index in [2.05, 4.69) is 0 Å². The first-order valence-electron chi connectivity index (χ1n) is 6.06. The van der Waals surface area contributed by atoms with E-state index in [0.717, 1.165) is 11.1 Å². The zero-order chi connectivity index (χ0) is 13.0. The van der Waals surface area contributed by atoms with Crippen LogP contribution < -0.4 is 0 Å². The Bertz CT molecular complexity index is 506. The average molecular weight is 244 g/mol. The summed E-state index contributed by atoms with van der Waals surface area (Å²) in [6.45, 7) is 1.78. The highest BCUT2D eigenvalue weighted by Crippen LogP contribution is 2.19. The molecule has 1 unspecified atom stereocenters. The molecule has 0 saturated carbocycles. The number of benzene rings is 2. The second kappa shape index (κ2) is 5.32. The Morgan fingerprint density at radius 3 is 2.22 bits per heavy atom. The van der Waals surface area contributed by atoms with Gasteiger partial charge in [-0.05, 0) is 30.2 Å². The maximum atomic E-state index is 13.1. The quantitative estimate of drug-likeness (QED) is 0.874. The van der Waals surface area contributed by atoms with Crippen molar-refractivity contribution in [2.24, 2.45) is 0 Å². The minimum Gasteiger partial charge on any atom is -0.389 e. The molecule has 0 aromatic heterocycles. The lowest BCUT2D eigenvalue weighted by molar-refractivity contribution is 0.0608. The molecule has 2 rings (SSSR count). The lowest BCUT2D eigenvalue weighted by Crippen LogP contribution is -2.30. The van der Waals surface area contributed by atoms with Gasteiger partial charge in [0, 0.05) is 12.8 Å². The maximum absolute atomic E-state index is 13.1. The van der Waals surface area contributed by atoms with Crippen molar-refractivity contribution in [3.05, 3.63) is 71.5 Å². The molecule has 0 aliphatic carbocycles. The molecule has 2 heteroatoms. The molecule has 0 aliphatic heterocycles. The van der Waals surface area contributed by atoms with Crippen molar-refractivity contribution in [2.75, 3.05) is 0 Å². The van der Waals surface area contributed by atoms with Gasteiger partial charge in [0.2, 0.25) is 0 Å². The van der Waals surface area contributed by atoms with Gasteiger partial charge in [-0.3, -0.25) is 0 Å². The highest BCUT2D eigenvalue weighted by Gasteiger charge is 2.21. The van der Waals surface area contributed by atoms with Gasteiger partial charge in [-0.25, -0.2) is 4.39 Å². The Morgan fingerprint density at radius 2 is 1.56 bits per heavy atom. The summed E-state index contributed by atoms with van der Waals surface area (Å²) in [5, 5.41) is 10.4. The highest BCUT2D eigenvalue weighted by atomic mass is 19.1. The molecule has 1 atom stereocenters. The van der Waals surface area contributed by atoms with Crippen LogP contribution in [-0.2, 0) is 12.8 Å². The van der Waals surface area contributed by atoms with E-state index in [1.807, 2.05) is 36.4 Å². The standard InChI is InChI=1S/C16H17FO/c1-16(18,11-13-6-3-2-4-7-13)12-14-8-5-9-15(17)10-14/h2-10,18H,11-12H2,1H3. The second-order valence-electron chi connectivity index (χ2n) is 4.97. The topological polar surface area (TPSA) is 20.2 Å². The van der Waals surface area contributed by atoms with Gasteiger partial charge in [0.15, 0.2) is 0 Å². The Kier molecular flexibility index (Phi) is 3.78. The Hall–Kier alpha value is -1.67. The van der Waals surface area contributed by atoms with Gasteiger partial charge in [-0.1, -0.05) is 42.5 Å². The van der Waals surface area contributed by atoms with E-state index in [0.29, 0.717) is 12.8 Å². The number of hydrogen-bond acceptors (Lipinski definition) is 1. The van der Waals surface area contributed by atoms with E-state index in [9.17, 15) is 9.50 Å². The zero-order valence-electron chi connectivity index (χ0n) is 10.4. The third kappa shape index (κ3) is 3.67. The van der Waals surface area contributed by atoms with Crippen LogP contribution in [0.2, 0.25) is 0 Å². The largest absolute Gasteiger partial charge is 0.389 e. The SMILES string of the molecule is CC(O)(Cc1ccccc1)Cc1cccc(F)c1. The first-order valence-corrected chi connectivity index (χ1v) is 6.06. The molecule has 0 heterocycles. The maximum Gasteiger partial charge on any atom is 0.123 e. The van der Waals surface area contributed by atoms with E-state index in [-0.39, 0.29) is 5.82 Å². The fraction of sp³-hybridized carbons (Fsp3) is 0.250. The van der Waals surface area contributed by atoms with E-state index in [1.165, 1.54) is 12.1 Å². The van der Waals surface area contributed by atoms with Crippen LogP contribution >= 0.6 is 0 Å². The third-order valence-electron chi connectivity index (χ3n) is 2.90. The van der Waals surface area contributed by atoms with Crippen molar-refractivity contribution < 1.29 is 9.50 Å². The lowest BCUT2D eigenvalue weighted by atomic mass is 9.90. The molecule has 0 amide bonds. The van der Waals surface area contributed by atoms with Crippen molar-refractivity contribution in [1.29, 1.82) is 0 Å². The Balaban J connectivity index is 2.07. The van der Waals surface area contributed by atoms with Gasteiger partial charge >= 0.3 is 0 Å². The van der Waals surface area contributed by atoms with Crippen LogP contribution in [0.1, 0.15) is 18.1 Å². The Labute approximate surface area is 107 Å². The summed E-state index contributed by atoms with van der Waals surface area (Å²) in [7, 11) is 0. The number of halogens is 1. The van der Waals surface area contributed by atoms with Crippen LogP contribution in [0.4, 0.5) is 4.39 Å². The van der Waals surface area contributed by atoms with Crippen molar-refractivity contribution in [3.63, 3.8) is 0 Å². The molecule has 2 aromatic rings. The van der Waals surface area contributed by atoms with Crippen LogP contribution in [0, 0.1) is 5.82 Å². The highest BCUT2D eigenvalue weighted by molar-refractivity contribution is 5.21. The fourth-order valence-electron chi connectivity index (χ4n) is 2.18. The summed E-state index contributed by atoms with van der Waals surface area (Å²) in [5.74, 6) is -0.261. The molecule has 1 N–H and O–H groups in total. The smallest absolute Gasteiger partial charge is 0.123 e. The lowest BCUT2D eigenvalue weighted by Gasteiger charge is -2.23. The molecule has 0 fully saturated rings. The van der Waals surface area contributed by atoms with Gasteiger partial charge in [-0.2, -0.15) is 0 Å². The van der Waals surface area contributed by atoms with Gasteiger partial charge < -0.3 is 5.11 Å². The summed E-state index contributed by atoms with van der Waals surface area (Å²) < 4.78 is 13.1. The van der Waals surface area contributed by atoms with E-state index in [4.69, 9.17) is 0 Å². The molecule has 2 aromatic carbocycles. The van der Waals surface area contributed by atoms with Gasteiger partial charge in [0.25, 0.3) is 0 Å². The zero-order valence-corrected chi connectivity index (χ0v) is 10.4. The predicted octanol–water partition coefficient (Wildman–Crippen LogP) is 3.36. The molecule has 0 radical (unpaired) electrons. The molecular weight excluding hydrogens is 227 g/mol. The van der Waals surface area contributed by atoms with Gasteiger partial charge in [-0.15, -0.1) is 0 Å². The molecule has 1 nitrogen and oxygen atoms in total. The van der Waals surface area contributed by atoms with Crippen molar-refractivity contribution in [1.82, 2.24) is 0 Å². The first-order chi connectivity index (χ1) is 8.55. The van der Waals surface area contributed by atoms with E-state index < -0.39 is 5.60 Å². The molecule has 94 valence electrons. The van der Waals surface area contributed by atoms with E-state index >= 15 is 0 Å². The number of hydrogen-bond donors (Lipinski definition) is 1. The van der Waals surface area contributed by atoms with Crippen molar-refractivity contribution in [2.45, 2.75) is 25.4 Å². The summed E-state index contributed by atoms with van der Waals surface area (Å²) in [5.41, 5.74) is 1.03. The van der Waals surface area contributed by atoms with Gasteiger partial charge in [0.1, 0.15) is 5.82 Å². The molecule has 0 spiro atoms. The monoisotopic (exact) mass is 244 g/mol. The molecular formula is C16H17FO. The Morgan fingerprint density at radius 1 is 0.944 bits per heavy atom. The van der Waals surface area contributed by atoms with Crippen LogP contribution in [0.3, 0.4) is 0 Å². The summed E-state index contributed by atoms with van der Waals surface area (Å²) >= 11 is 0. The second-order valence-corrected chi connectivity index (χ2v) is 4.97. The number of rotatable bonds is 4. The molecule has 0 aliphatic rings. The van der Waals surface area contributed by atoms with E-state index in [1.54, 1.807) is 13.0 Å². The minimum atomic E-state index is -0.866. The summed E-state index contributed by atoms with van der Waals surface area (Å²) in [6, 6.07) is 16.2. The van der Waals surface area contributed by atoms with Crippen molar-refractivity contribution >= 4 is 0 Å². The first kappa shape index (κ1) is 12.8. The van der Waals surface area contributed by atoms with Crippen LogP contribution in [0.25, 0.3) is 0 Å². The average Bonchev–Trinajstić information content (AvgIpc) is 2.28. The predicted molar refractivity (Wildman–Crippen MR) is 70.9 cm³/mol. The normalized spacial score (nSPS) is 14.2. The van der Waals surface area contributed by atoms with Crippen LogP contribution in [-0.4, -0.2) is 10.7 Å². The van der Waals surface area contributed by atoms with Gasteiger partial charge in [0.05, 0.1) is 5.60 Å². The minimum absolute atomic E-state index is 0.261. The van der Waals surface area contributed by atoms with Crippen molar-refractivity contribution in [3.8, 4) is 0 Å². The summed E-state index contributed by atoms with van der Waals surface area (Å²) in [6.07, 6.45) is 1.00. The van der Waals surface area contributed by atoms with Crippen LogP contribution in [0.5, 0.6) is 0 Å². The molecule has 18 heavy (non-hydrogen) atoms. The summed E-state index contributed by atoms with van der Waals surface area (Å²) in [4.78, 5) is 0. The fourth-order valence-corrected chi connectivity index (χ4v) is 2.18. The third-order valence-corrected chi connectivity index (χ3v) is 2.90. The molecule has 0 bridgehead atoms. The van der Waals surface area contributed by atoms with Crippen LogP contribution in [0.15, 0.2) is 54.6 Å². The molecule has 0 saturated heterocycles.